The van der Waals surface area contributed by atoms with Crippen LogP contribution in [0.5, 0.6) is 5.75 Å². The van der Waals surface area contributed by atoms with Crippen LogP contribution in [0.15, 0.2) is 42.5 Å². The maximum atomic E-state index is 11.0. The lowest BCUT2D eigenvalue weighted by Crippen LogP contribution is -1.94. The van der Waals surface area contributed by atoms with Crippen LogP contribution in [0.4, 0.5) is 0 Å². The molecule has 21 heavy (non-hydrogen) atoms. The van der Waals surface area contributed by atoms with Crippen LogP contribution in [-0.4, -0.2) is 27.7 Å². The SMILES string of the molecule is CCOc1cccc(-c2nc3ccc(C(=O)O)cc3[nH]2)c1. The third-order valence-electron chi connectivity index (χ3n) is 3.15. The number of ether oxygens (including phenoxy) is 1. The lowest BCUT2D eigenvalue weighted by atomic mass is 10.2. The summed E-state index contributed by atoms with van der Waals surface area (Å²) in [6, 6.07) is 12.4. The van der Waals surface area contributed by atoms with Crippen LogP contribution >= 0.6 is 0 Å². The molecule has 0 fully saturated rings. The summed E-state index contributed by atoms with van der Waals surface area (Å²) in [5.74, 6) is 0.516. The minimum absolute atomic E-state index is 0.237. The number of fused-ring (bicyclic) bond motifs is 1. The van der Waals surface area contributed by atoms with Crippen molar-refractivity contribution in [1.29, 1.82) is 0 Å². The summed E-state index contributed by atoms with van der Waals surface area (Å²) in [6.45, 7) is 2.53. The summed E-state index contributed by atoms with van der Waals surface area (Å²) in [5, 5.41) is 9.01. The highest BCUT2D eigenvalue weighted by Gasteiger charge is 2.09. The van der Waals surface area contributed by atoms with Gasteiger partial charge in [0, 0.05) is 5.56 Å². The van der Waals surface area contributed by atoms with E-state index in [0.29, 0.717) is 17.9 Å². The molecule has 0 aliphatic carbocycles. The number of carboxylic acid groups (broad SMARTS) is 1. The fourth-order valence-corrected chi connectivity index (χ4v) is 2.18. The van der Waals surface area contributed by atoms with Gasteiger partial charge in [-0.25, -0.2) is 9.78 Å². The van der Waals surface area contributed by atoms with Crippen molar-refractivity contribution < 1.29 is 14.6 Å². The number of rotatable bonds is 4. The molecule has 0 aliphatic rings. The van der Waals surface area contributed by atoms with E-state index in [1.165, 1.54) is 0 Å². The van der Waals surface area contributed by atoms with Gasteiger partial charge in [-0.1, -0.05) is 12.1 Å². The van der Waals surface area contributed by atoms with Crippen LogP contribution in [0.1, 0.15) is 17.3 Å². The van der Waals surface area contributed by atoms with Gasteiger partial charge in [-0.2, -0.15) is 0 Å². The van der Waals surface area contributed by atoms with E-state index in [-0.39, 0.29) is 5.56 Å². The molecule has 5 nitrogen and oxygen atoms in total. The van der Waals surface area contributed by atoms with E-state index < -0.39 is 5.97 Å². The minimum atomic E-state index is -0.952. The summed E-state index contributed by atoms with van der Waals surface area (Å²) in [6.07, 6.45) is 0. The Morgan fingerprint density at radius 3 is 2.90 bits per heavy atom. The molecule has 106 valence electrons. The molecular formula is C16H14N2O3. The molecule has 2 N–H and O–H groups in total. The molecule has 0 unspecified atom stereocenters. The molecule has 0 radical (unpaired) electrons. The molecule has 3 rings (SSSR count). The van der Waals surface area contributed by atoms with Crippen molar-refractivity contribution >= 4 is 17.0 Å². The lowest BCUT2D eigenvalue weighted by Gasteiger charge is -2.03. The van der Waals surface area contributed by atoms with Gasteiger partial charge >= 0.3 is 5.97 Å². The van der Waals surface area contributed by atoms with E-state index in [2.05, 4.69) is 9.97 Å². The first-order valence-corrected chi connectivity index (χ1v) is 6.63. The maximum Gasteiger partial charge on any atom is 0.335 e. The highest BCUT2D eigenvalue weighted by Crippen LogP contribution is 2.24. The molecule has 0 saturated heterocycles. The fraction of sp³-hybridized carbons (Fsp3) is 0.125. The molecule has 0 atom stereocenters. The third-order valence-corrected chi connectivity index (χ3v) is 3.15. The predicted molar refractivity (Wildman–Crippen MR) is 79.7 cm³/mol. The Hall–Kier alpha value is -2.82. The summed E-state index contributed by atoms with van der Waals surface area (Å²) >= 11 is 0. The largest absolute Gasteiger partial charge is 0.494 e. The number of nitrogens with one attached hydrogen (secondary N) is 1. The quantitative estimate of drug-likeness (QED) is 0.769. The summed E-state index contributed by atoms with van der Waals surface area (Å²) < 4.78 is 5.47. The number of imidazole rings is 1. The van der Waals surface area contributed by atoms with E-state index in [4.69, 9.17) is 9.84 Å². The zero-order valence-corrected chi connectivity index (χ0v) is 11.5. The number of hydrogen-bond acceptors (Lipinski definition) is 3. The Kier molecular flexibility index (Phi) is 3.31. The molecular weight excluding hydrogens is 268 g/mol. The van der Waals surface area contributed by atoms with E-state index in [1.54, 1.807) is 18.2 Å². The van der Waals surface area contributed by atoms with Gasteiger partial charge in [0.25, 0.3) is 0 Å². The minimum Gasteiger partial charge on any atom is -0.494 e. The second-order valence-electron chi connectivity index (χ2n) is 4.58. The first kappa shape index (κ1) is 13.2. The number of H-pyrrole nitrogens is 1. The van der Waals surface area contributed by atoms with Crippen LogP contribution in [0, 0.1) is 0 Å². The van der Waals surface area contributed by atoms with Gasteiger partial charge in [0.15, 0.2) is 0 Å². The van der Waals surface area contributed by atoms with Crippen molar-refractivity contribution in [2.75, 3.05) is 6.61 Å². The van der Waals surface area contributed by atoms with Crippen molar-refractivity contribution in [3.05, 3.63) is 48.0 Å². The zero-order chi connectivity index (χ0) is 14.8. The molecule has 1 heterocycles. The van der Waals surface area contributed by atoms with E-state index in [0.717, 1.165) is 16.8 Å². The average Bonchev–Trinajstić information content (AvgIpc) is 2.91. The molecule has 2 aromatic carbocycles. The molecule has 5 heteroatoms. The first-order chi connectivity index (χ1) is 10.2. The molecule has 0 aliphatic heterocycles. The number of carboxylic acids is 1. The van der Waals surface area contributed by atoms with Crippen LogP contribution in [0.2, 0.25) is 0 Å². The highest BCUT2D eigenvalue weighted by molar-refractivity contribution is 5.93. The van der Waals surface area contributed by atoms with E-state index in [9.17, 15) is 4.79 Å². The van der Waals surface area contributed by atoms with Gasteiger partial charge in [-0.05, 0) is 37.3 Å². The van der Waals surface area contributed by atoms with Crippen molar-refractivity contribution in [3.63, 3.8) is 0 Å². The Morgan fingerprint density at radius 1 is 1.29 bits per heavy atom. The van der Waals surface area contributed by atoms with Gasteiger partial charge < -0.3 is 14.8 Å². The monoisotopic (exact) mass is 282 g/mol. The van der Waals surface area contributed by atoms with Crippen LogP contribution in [-0.2, 0) is 0 Å². The second-order valence-corrected chi connectivity index (χ2v) is 4.58. The summed E-state index contributed by atoms with van der Waals surface area (Å²) in [5.41, 5.74) is 2.57. The number of aromatic nitrogens is 2. The number of aromatic amines is 1. The molecule has 0 spiro atoms. The second kappa shape index (κ2) is 5.28. The van der Waals surface area contributed by atoms with Gasteiger partial charge in [-0.15, -0.1) is 0 Å². The van der Waals surface area contributed by atoms with Gasteiger partial charge in [0.1, 0.15) is 11.6 Å². The number of nitrogens with zero attached hydrogens (tertiary/aromatic N) is 1. The average molecular weight is 282 g/mol. The number of hydrogen-bond donors (Lipinski definition) is 2. The Balaban J connectivity index is 2.04. The molecule has 0 amide bonds. The van der Waals surface area contributed by atoms with Crippen molar-refractivity contribution in [2.45, 2.75) is 6.92 Å². The third kappa shape index (κ3) is 2.58. The lowest BCUT2D eigenvalue weighted by molar-refractivity contribution is 0.0697. The topological polar surface area (TPSA) is 75.2 Å². The highest BCUT2D eigenvalue weighted by atomic mass is 16.5. The molecule has 1 aromatic heterocycles. The van der Waals surface area contributed by atoms with Crippen molar-refractivity contribution in [2.24, 2.45) is 0 Å². The normalized spacial score (nSPS) is 10.7. The van der Waals surface area contributed by atoms with Crippen LogP contribution in [0.25, 0.3) is 22.4 Å². The summed E-state index contributed by atoms with van der Waals surface area (Å²) in [7, 11) is 0. The van der Waals surface area contributed by atoms with E-state index in [1.807, 2.05) is 31.2 Å². The molecule has 0 saturated carbocycles. The summed E-state index contributed by atoms with van der Waals surface area (Å²) in [4.78, 5) is 18.6. The Bertz CT molecular complexity index is 808. The smallest absolute Gasteiger partial charge is 0.335 e. The van der Waals surface area contributed by atoms with Crippen LogP contribution < -0.4 is 4.74 Å². The first-order valence-electron chi connectivity index (χ1n) is 6.63. The Morgan fingerprint density at radius 2 is 2.14 bits per heavy atom. The van der Waals surface area contributed by atoms with Gasteiger partial charge in [0.05, 0.1) is 23.2 Å². The molecule has 3 aromatic rings. The number of benzene rings is 2. The molecule has 0 bridgehead atoms. The number of aromatic carboxylic acids is 1. The fourth-order valence-electron chi connectivity index (χ4n) is 2.18. The van der Waals surface area contributed by atoms with Gasteiger partial charge in [0.2, 0.25) is 0 Å². The van der Waals surface area contributed by atoms with E-state index >= 15 is 0 Å². The number of carbonyl (C=O) groups is 1. The van der Waals surface area contributed by atoms with Crippen molar-refractivity contribution in [3.8, 4) is 17.1 Å². The standard InChI is InChI=1S/C16H14N2O3/c1-2-21-12-5-3-4-10(8-12)15-17-13-7-6-11(16(19)20)9-14(13)18-15/h3-9H,2H2,1H3,(H,17,18)(H,19,20). The maximum absolute atomic E-state index is 11.0. The van der Waals surface area contributed by atoms with Gasteiger partial charge in [-0.3, -0.25) is 0 Å². The van der Waals surface area contributed by atoms with Crippen molar-refractivity contribution in [1.82, 2.24) is 9.97 Å². The zero-order valence-electron chi connectivity index (χ0n) is 11.5. The Labute approximate surface area is 121 Å². The van der Waals surface area contributed by atoms with Crippen LogP contribution in [0.3, 0.4) is 0 Å². The predicted octanol–water partition coefficient (Wildman–Crippen LogP) is 3.33.